The highest BCUT2D eigenvalue weighted by molar-refractivity contribution is 7.10. The number of hydrazine groups is 1. The van der Waals surface area contributed by atoms with Crippen LogP contribution in [-0.2, 0) is 11.3 Å². The van der Waals surface area contributed by atoms with Gasteiger partial charge in [0.2, 0.25) is 0 Å². The molecule has 5 rings (SSSR count). The molecule has 32 heavy (non-hydrogen) atoms. The number of rotatable bonds is 4. The summed E-state index contributed by atoms with van der Waals surface area (Å²) in [5.41, 5.74) is 6.61. The Morgan fingerprint density at radius 1 is 1.16 bits per heavy atom. The van der Waals surface area contributed by atoms with Crippen molar-refractivity contribution in [3.8, 4) is 5.69 Å². The molecule has 1 N–H and O–H groups in total. The van der Waals surface area contributed by atoms with E-state index in [4.69, 9.17) is 33.0 Å². The molecule has 0 radical (unpaired) electrons. The minimum atomic E-state index is -0.229. The molecule has 0 saturated carbocycles. The second kappa shape index (κ2) is 9.37. The molecule has 2 aliphatic rings. The Bertz CT molecular complexity index is 1170. The molecule has 166 valence electrons. The maximum atomic E-state index is 13.2. The molecule has 0 spiro atoms. The zero-order chi connectivity index (χ0) is 22.1. The number of aromatic nitrogens is 2. The van der Waals surface area contributed by atoms with Gasteiger partial charge in [0.1, 0.15) is 0 Å². The number of benzene rings is 1. The fourth-order valence-electron chi connectivity index (χ4n) is 4.12. The Kier molecular flexibility index (Phi) is 6.35. The largest absolute Gasteiger partial charge is 0.372 e. The predicted molar refractivity (Wildman–Crippen MR) is 128 cm³/mol. The first-order valence-corrected chi connectivity index (χ1v) is 12.2. The van der Waals surface area contributed by atoms with E-state index in [1.807, 2.05) is 28.6 Å². The van der Waals surface area contributed by atoms with E-state index in [9.17, 15) is 4.79 Å². The summed E-state index contributed by atoms with van der Waals surface area (Å²) >= 11 is 14.3. The Hall–Kier alpha value is -2.16. The van der Waals surface area contributed by atoms with Gasteiger partial charge in [-0.1, -0.05) is 35.7 Å². The van der Waals surface area contributed by atoms with Gasteiger partial charge < -0.3 is 4.74 Å². The third-order valence-electron chi connectivity index (χ3n) is 5.62. The van der Waals surface area contributed by atoms with Gasteiger partial charge in [0.25, 0.3) is 5.91 Å². The van der Waals surface area contributed by atoms with E-state index in [0.29, 0.717) is 34.6 Å². The molecular weight excluding hydrogens is 467 g/mol. The average molecular weight is 489 g/mol. The molecule has 0 bridgehead atoms. The smallest absolute Gasteiger partial charge is 0.286 e. The number of nitrogens with zero attached hydrogens (tertiary/aromatic N) is 3. The quantitative estimate of drug-likeness (QED) is 0.530. The molecule has 3 aromatic rings. The molecule has 9 heteroatoms. The number of hydrogen-bond donors (Lipinski definition) is 1. The summed E-state index contributed by atoms with van der Waals surface area (Å²) in [4.78, 5) is 14.3. The van der Waals surface area contributed by atoms with Crippen LogP contribution in [0, 0.1) is 0 Å². The van der Waals surface area contributed by atoms with E-state index in [2.05, 4.69) is 11.5 Å². The topological polar surface area (TPSA) is 59.4 Å². The minimum Gasteiger partial charge on any atom is -0.372 e. The SMILES string of the molecule is O=C(NN1CCCCC1)c1nn(-c2ccc(Cl)cc2Cl)c2c1COCC2=Cc1cccs1. The molecule has 0 aliphatic carbocycles. The molecule has 1 aromatic carbocycles. The maximum Gasteiger partial charge on any atom is 0.286 e. The zero-order valence-electron chi connectivity index (χ0n) is 17.3. The first-order chi connectivity index (χ1) is 15.6. The summed E-state index contributed by atoms with van der Waals surface area (Å²) in [5, 5.41) is 9.74. The van der Waals surface area contributed by atoms with Crippen LogP contribution in [-0.4, -0.2) is 40.4 Å². The number of thiophene rings is 1. The second-order valence-electron chi connectivity index (χ2n) is 7.85. The molecule has 0 atom stereocenters. The summed E-state index contributed by atoms with van der Waals surface area (Å²) in [6.07, 6.45) is 5.42. The first-order valence-electron chi connectivity index (χ1n) is 10.6. The number of halogens is 2. The number of fused-ring (bicyclic) bond motifs is 1. The third kappa shape index (κ3) is 4.36. The number of carbonyl (C=O) groups is 1. The van der Waals surface area contributed by atoms with Crippen LogP contribution in [0.25, 0.3) is 17.3 Å². The van der Waals surface area contributed by atoms with Crippen LogP contribution in [0.4, 0.5) is 0 Å². The van der Waals surface area contributed by atoms with Gasteiger partial charge in [0, 0.05) is 34.1 Å². The van der Waals surface area contributed by atoms with Crippen LogP contribution >= 0.6 is 34.5 Å². The number of ether oxygens (including phenoxy) is 1. The van der Waals surface area contributed by atoms with Crippen LogP contribution in [0.1, 0.15) is 45.9 Å². The number of amides is 1. The lowest BCUT2D eigenvalue weighted by Gasteiger charge is -2.26. The van der Waals surface area contributed by atoms with Crippen molar-refractivity contribution in [3.05, 3.63) is 67.6 Å². The Morgan fingerprint density at radius 3 is 2.75 bits per heavy atom. The van der Waals surface area contributed by atoms with Crippen molar-refractivity contribution in [2.75, 3.05) is 19.7 Å². The number of hydrogen-bond acceptors (Lipinski definition) is 5. The van der Waals surface area contributed by atoms with Crippen LogP contribution in [0.2, 0.25) is 10.0 Å². The highest BCUT2D eigenvalue weighted by atomic mass is 35.5. The molecule has 1 amide bonds. The standard InChI is InChI=1S/C23H22Cl2N4O2S/c24-16-6-7-20(19(25)12-16)29-22-15(11-17-5-4-10-32-17)13-31-14-18(22)21(26-29)23(30)27-28-8-2-1-3-9-28/h4-7,10-12H,1-3,8-9,13-14H2,(H,27,30). The van der Waals surface area contributed by atoms with Gasteiger partial charge in [-0.05, 0) is 48.6 Å². The van der Waals surface area contributed by atoms with Gasteiger partial charge >= 0.3 is 0 Å². The summed E-state index contributed by atoms with van der Waals surface area (Å²) in [5.74, 6) is -0.229. The van der Waals surface area contributed by atoms with E-state index in [-0.39, 0.29) is 5.91 Å². The average Bonchev–Trinajstić information content (AvgIpc) is 3.43. The van der Waals surface area contributed by atoms with E-state index in [0.717, 1.165) is 47.6 Å². The number of carbonyl (C=O) groups excluding carboxylic acids is 1. The first kappa shape index (κ1) is 21.7. The lowest BCUT2D eigenvalue weighted by molar-refractivity contribution is 0.0738. The molecule has 1 saturated heterocycles. The lowest BCUT2D eigenvalue weighted by atomic mass is 10.0. The minimum absolute atomic E-state index is 0.229. The Balaban J connectivity index is 1.61. The number of piperidine rings is 1. The van der Waals surface area contributed by atoms with Crippen LogP contribution in [0.15, 0.2) is 35.7 Å². The Labute approximate surface area is 200 Å². The van der Waals surface area contributed by atoms with Crippen LogP contribution in [0.3, 0.4) is 0 Å². The monoisotopic (exact) mass is 488 g/mol. The fourth-order valence-corrected chi connectivity index (χ4v) is 5.29. The van der Waals surface area contributed by atoms with E-state index in [1.54, 1.807) is 28.2 Å². The van der Waals surface area contributed by atoms with Crippen molar-refractivity contribution < 1.29 is 9.53 Å². The van der Waals surface area contributed by atoms with Crippen molar-refractivity contribution in [2.24, 2.45) is 0 Å². The summed E-state index contributed by atoms with van der Waals surface area (Å²) in [7, 11) is 0. The summed E-state index contributed by atoms with van der Waals surface area (Å²) in [6, 6.07) is 9.33. The zero-order valence-corrected chi connectivity index (χ0v) is 19.6. The normalized spacial score (nSPS) is 18.0. The van der Waals surface area contributed by atoms with Gasteiger partial charge in [-0.25, -0.2) is 9.69 Å². The fraction of sp³-hybridized carbons (Fsp3) is 0.304. The molecular formula is C23H22Cl2N4O2S. The van der Waals surface area contributed by atoms with Crippen molar-refractivity contribution in [3.63, 3.8) is 0 Å². The molecule has 4 heterocycles. The highest BCUT2D eigenvalue weighted by Gasteiger charge is 2.30. The van der Waals surface area contributed by atoms with Crippen molar-refractivity contribution in [1.29, 1.82) is 0 Å². The molecule has 2 aliphatic heterocycles. The number of nitrogens with one attached hydrogen (secondary N) is 1. The van der Waals surface area contributed by atoms with Gasteiger partial charge in [0.05, 0.1) is 29.6 Å². The van der Waals surface area contributed by atoms with Crippen molar-refractivity contribution >= 4 is 52.1 Å². The van der Waals surface area contributed by atoms with Crippen LogP contribution in [0.5, 0.6) is 0 Å². The van der Waals surface area contributed by atoms with E-state index < -0.39 is 0 Å². The lowest BCUT2D eigenvalue weighted by Crippen LogP contribution is -2.45. The van der Waals surface area contributed by atoms with Crippen LogP contribution < -0.4 is 5.43 Å². The van der Waals surface area contributed by atoms with Crippen molar-refractivity contribution in [1.82, 2.24) is 20.2 Å². The maximum absolute atomic E-state index is 13.2. The molecule has 0 unspecified atom stereocenters. The van der Waals surface area contributed by atoms with Gasteiger partial charge in [-0.3, -0.25) is 10.2 Å². The van der Waals surface area contributed by atoms with Gasteiger partial charge in [0.15, 0.2) is 5.69 Å². The summed E-state index contributed by atoms with van der Waals surface area (Å²) < 4.78 is 7.62. The second-order valence-corrected chi connectivity index (χ2v) is 9.67. The highest BCUT2D eigenvalue weighted by Crippen LogP contribution is 2.35. The van der Waals surface area contributed by atoms with Crippen molar-refractivity contribution in [2.45, 2.75) is 25.9 Å². The molecule has 2 aromatic heterocycles. The van der Waals surface area contributed by atoms with E-state index >= 15 is 0 Å². The Morgan fingerprint density at radius 2 is 2.00 bits per heavy atom. The predicted octanol–water partition coefficient (Wildman–Crippen LogP) is 5.44. The molecule has 6 nitrogen and oxygen atoms in total. The van der Waals surface area contributed by atoms with Gasteiger partial charge in [-0.15, -0.1) is 11.3 Å². The third-order valence-corrected chi connectivity index (χ3v) is 6.98. The van der Waals surface area contributed by atoms with E-state index in [1.165, 1.54) is 6.42 Å². The summed E-state index contributed by atoms with van der Waals surface area (Å²) in [6.45, 7) is 2.43. The van der Waals surface area contributed by atoms with Gasteiger partial charge in [-0.2, -0.15) is 5.10 Å². The molecule has 1 fully saturated rings.